The van der Waals surface area contributed by atoms with Gasteiger partial charge in [0.15, 0.2) is 0 Å². The van der Waals surface area contributed by atoms with E-state index in [1.165, 1.54) is 64.5 Å². The van der Waals surface area contributed by atoms with Crippen molar-refractivity contribution < 1.29 is 9.69 Å². The van der Waals surface area contributed by atoms with Crippen molar-refractivity contribution in [3.8, 4) is 0 Å². The molecular formula is C20H28N3OS+. The molecule has 0 atom stereocenters. The molecule has 2 N–H and O–H groups in total. The van der Waals surface area contributed by atoms with Crippen LogP contribution >= 0.6 is 11.3 Å². The lowest BCUT2D eigenvalue weighted by Crippen LogP contribution is -3.22. The van der Waals surface area contributed by atoms with Crippen LogP contribution in [0.3, 0.4) is 0 Å². The molecule has 0 radical (unpaired) electrons. The number of amides is 1. The van der Waals surface area contributed by atoms with Crippen LogP contribution in [0.5, 0.6) is 0 Å². The number of quaternary nitrogens is 1. The molecule has 1 aliphatic heterocycles. The van der Waals surface area contributed by atoms with Crippen molar-refractivity contribution in [2.24, 2.45) is 0 Å². The molecule has 1 saturated carbocycles. The molecule has 0 unspecified atom stereocenters. The van der Waals surface area contributed by atoms with Gasteiger partial charge in [0, 0.05) is 18.4 Å². The Balaban J connectivity index is 1.47. The molecule has 134 valence electrons. The summed E-state index contributed by atoms with van der Waals surface area (Å²) in [5.41, 5.74) is 3.84. The Bertz CT molecular complexity index is 729. The Labute approximate surface area is 153 Å². The van der Waals surface area contributed by atoms with Gasteiger partial charge in [0.05, 0.1) is 35.4 Å². The summed E-state index contributed by atoms with van der Waals surface area (Å²) < 4.78 is 1.08. The van der Waals surface area contributed by atoms with Crippen LogP contribution in [0, 0.1) is 0 Å². The predicted molar refractivity (Wildman–Crippen MR) is 102 cm³/mol. The van der Waals surface area contributed by atoms with Gasteiger partial charge in [-0.25, -0.2) is 4.98 Å². The highest BCUT2D eigenvalue weighted by Crippen LogP contribution is 2.26. The van der Waals surface area contributed by atoms with Gasteiger partial charge in [-0.15, -0.1) is 11.3 Å². The van der Waals surface area contributed by atoms with Gasteiger partial charge in [-0.1, -0.05) is 6.42 Å². The average Bonchev–Trinajstić information content (AvgIpc) is 3.15. The molecule has 2 fully saturated rings. The number of hydrogen-bond acceptors (Lipinski definition) is 3. The molecule has 2 aromatic rings. The smallest absolute Gasteiger partial charge is 0.251 e. The van der Waals surface area contributed by atoms with E-state index in [2.05, 4.69) is 10.3 Å². The van der Waals surface area contributed by atoms with Gasteiger partial charge >= 0.3 is 0 Å². The first-order valence-corrected chi connectivity index (χ1v) is 10.6. The van der Waals surface area contributed by atoms with Crippen molar-refractivity contribution in [3.63, 3.8) is 0 Å². The summed E-state index contributed by atoms with van der Waals surface area (Å²) >= 11 is 1.59. The fourth-order valence-corrected chi connectivity index (χ4v) is 5.46. The third-order valence-electron chi connectivity index (χ3n) is 6.20. The van der Waals surface area contributed by atoms with Crippen LogP contribution in [0.1, 0.15) is 61.7 Å². The average molecular weight is 359 g/mol. The van der Waals surface area contributed by atoms with Crippen LogP contribution < -0.4 is 10.2 Å². The van der Waals surface area contributed by atoms with Crippen LogP contribution in [0.15, 0.2) is 23.7 Å². The maximum Gasteiger partial charge on any atom is 0.251 e. The van der Waals surface area contributed by atoms with E-state index in [4.69, 9.17) is 0 Å². The molecule has 0 bridgehead atoms. The fourth-order valence-electron chi connectivity index (χ4n) is 4.74. The minimum absolute atomic E-state index is 0.0663. The van der Waals surface area contributed by atoms with Crippen LogP contribution in [0.4, 0.5) is 0 Å². The number of nitrogens with zero attached hydrogens (tertiary/aromatic N) is 1. The van der Waals surface area contributed by atoms with Gasteiger partial charge in [0.1, 0.15) is 5.54 Å². The summed E-state index contributed by atoms with van der Waals surface area (Å²) in [4.78, 5) is 18.8. The first kappa shape index (κ1) is 17.0. The van der Waals surface area contributed by atoms with E-state index in [1.54, 1.807) is 16.2 Å². The first-order valence-electron chi connectivity index (χ1n) is 9.74. The molecule has 0 spiro atoms. The zero-order chi connectivity index (χ0) is 17.1. The Kier molecular flexibility index (Phi) is 5.04. The van der Waals surface area contributed by atoms with Crippen molar-refractivity contribution in [3.05, 3.63) is 29.3 Å². The van der Waals surface area contributed by atoms with E-state index in [1.807, 2.05) is 23.7 Å². The number of aromatic nitrogens is 1. The standard InChI is InChI=1S/C20H27N3OS/c24-19(16-7-8-17-18(13-16)25-15-22-17)21-14-20(9-3-1-4-10-20)23-11-5-2-6-12-23/h7-8,13,15H,1-6,9-12,14H2,(H,21,24)/p+1. The Morgan fingerprint density at radius 2 is 1.88 bits per heavy atom. The second kappa shape index (κ2) is 7.42. The zero-order valence-corrected chi connectivity index (χ0v) is 15.7. The van der Waals surface area contributed by atoms with Crippen molar-refractivity contribution in [2.75, 3.05) is 19.6 Å². The van der Waals surface area contributed by atoms with Gasteiger partial charge in [-0.05, 0) is 50.3 Å². The summed E-state index contributed by atoms with van der Waals surface area (Å²) in [7, 11) is 0. The molecule has 1 amide bonds. The van der Waals surface area contributed by atoms with Crippen LogP contribution in [0.2, 0.25) is 0 Å². The lowest BCUT2D eigenvalue weighted by Gasteiger charge is -2.45. The van der Waals surface area contributed by atoms with E-state index in [0.717, 1.165) is 22.3 Å². The van der Waals surface area contributed by atoms with Crippen molar-refractivity contribution >= 4 is 27.5 Å². The van der Waals surface area contributed by atoms with Crippen molar-refractivity contribution in [2.45, 2.75) is 56.9 Å². The Hall–Kier alpha value is -1.46. The van der Waals surface area contributed by atoms with Crippen LogP contribution in [-0.4, -0.2) is 36.1 Å². The number of thiazole rings is 1. The summed E-state index contributed by atoms with van der Waals surface area (Å²) in [6, 6.07) is 5.83. The third kappa shape index (κ3) is 3.58. The summed E-state index contributed by atoms with van der Waals surface area (Å²) in [5.74, 6) is 0.0663. The molecule has 5 heteroatoms. The minimum atomic E-state index is 0.0663. The SMILES string of the molecule is O=C(NCC1([NH+]2CCCCC2)CCCCC1)c1ccc2ncsc2c1. The molecule has 1 aliphatic carbocycles. The molecule has 4 rings (SSSR count). The predicted octanol–water partition coefficient (Wildman–Crippen LogP) is 2.80. The number of benzene rings is 1. The number of carbonyl (C=O) groups excluding carboxylic acids is 1. The van der Waals surface area contributed by atoms with E-state index in [-0.39, 0.29) is 11.4 Å². The highest BCUT2D eigenvalue weighted by molar-refractivity contribution is 7.16. The second-order valence-electron chi connectivity index (χ2n) is 7.72. The highest BCUT2D eigenvalue weighted by atomic mass is 32.1. The molecule has 1 saturated heterocycles. The summed E-state index contributed by atoms with van der Waals surface area (Å²) in [6.45, 7) is 3.38. The number of nitrogens with one attached hydrogen (secondary N) is 2. The zero-order valence-electron chi connectivity index (χ0n) is 14.9. The molecule has 1 aromatic carbocycles. The highest BCUT2D eigenvalue weighted by Gasteiger charge is 2.42. The number of rotatable bonds is 4. The largest absolute Gasteiger partial charge is 0.346 e. The fraction of sp³-hybridized carbons (Fsp3) is 0.600. The summed E-state index contributed by atoms with van der Waals surface area (Å²) in [5, 5.41) is 3.29. The monoisotopic (exact) mass is 358 g/mol. The second-order valence-corrected chi connectivity index (χ2v) is 8.61. The number of piperidine rings is 1. The van der Waals surface area contributed by atoms with Gasteiger partial charge in [0.25, 0.3) is 5.91 Å². The molecule has 4 nitrogen and oxygen atoms in total. The van der Waals surface area contributed by atoms with E-state index in [9.17, 15) is 4.79 Å². The van der Waals surface area contributed by atoms with Crippen molar-refractivity contribution in [1.29, 1.82) is 0 Å². The molecule has 2 heterocycles. The lowest BCUT2D eigenvalue weighted by atomic mass is 9.79. The molecule has 1 aromatic heterocycles. The topological polar surface area (TPSA) is 46.4 Å². The van der Waals surface area contributed by atoms with Crippen LogP contribution in [0.25, 0.3) is 10.2 Å². The van der Waals surface area contributed by atoms with E-state index < -0.39 is 0 Å². The quantitative estimate of drug-likeness (QED) is 0.883. The number of fused-ring (bicyclic) bond motifs is 1. The maximum absolute atomic E-state index is 12.7. The van der Waals surface area contributed by atoms with Crippen LogP contribution in [-0.2, 0) is 0 Å². The van der Waals surface area contributed by atoms with Crippen molar-refractivity contribution in [1.82, 2.24) is 10.3 Å². The van der Waals surface area contributed by atoms with Gasteiger partial charge in [0.2, 0.25) is 0 Å². The van der Waals surface area contributed by atoms with Gasteiger partial charge in [-0.3, -0.25) is 4.79 Å². The Morgan fingerprint density at radius 1 is 1.12 bits per heavy atom. The van der Waals surface area contributed by atoms with Gasteiger partial charge < -0.3 is 10.2 Å². The molecule has 25 heavy (non-hydrogen) atoms. The number of likely N-dealkylation sites (tertiary alicyclic amines) is 1. The number of hydrogen-bond donors (Lipinski definition) is 2. The lowest BCUT2D eigenvalue weighted by molar-refractivity contribution is -0.957. The Morgan fingerprint density at radius 3 is 2.68 bits per heavy atom. The molecular weight excluding hydrogens is 330 g/mol. The minimum Gasteiger partial charge on any atom is -0.346 e. The van der Waals surface area contributed by atoms with E-state index in [0.29, 0.717) is 0 Å². The third-order valence-corrected chi connectivity index (χ3v) is 6.99. The number of carbonyl (C=O) groups is 1. The first-order chi connectivity index (χ1) is 12.3. The maximum atomic E-state index is 12.7. The molecule has 2 aliphatic rings. The van der Waals surface area contributed by atoms with E-state index >= 15 is 0 Å². The van der Waals surface area contributed by atoms with Gasteiger partial charge in [-0.2, -0.15) is 0 Å². The summed E-state index contributed by atoms with van der Waals surface area (Å²) in [6.07, 6.45) is 10.6. The normalized spacial score (nSPS) is 21.3.